The number of aromatic nitrogens is 2. The molecular weight excluding hydrogens is 426 g/mol. The van der Waals surface area contributed by atoms with E-state index in [2.05, 4.69) is 4.98 Å². The second-order valence-corrected chi connectivity index (χ2v) is 7.24. The summed E-state index contributed by atoms with van der Waals surface area (Å²) in [5, 5.41) is 0. The van der Waals surface area contributed by atoms with E-state index in [-0.39, 0.29) is 26.4 Å². The fourth-order valence-electron chi connectivity index (χ4n) is 2.56. The Morgan fingerprint density at radius 1 is 1.06 bits per heavy atom. The number of ether oxygens (including phenoxy) is 5. The van der Waals surface area contributed by atoms with E-state index >= 15 is 0 Å². The first-order chi connectivity index (χ1) is 15.3. The summed E-state index contributed by atoms with van der Waals surface area (Å²) in [4.78, 5) is 50.8. The van der Waals surface area contributed by atoms with Crippen molar-refractivity contribution in [2.45, 2.75) is 19.3 Å². The highest BCUT2D eigenvalue weighted by Gasteiger charge is 2.23. The molecule has 1 aliphatic rings. The van der Waals surface area contributed by atoms with Crippen LogP contribution < -0.4 is 11.2 Å². The van der Waals surface area contributed by atoms with Gasteiger partial charge in [0.2, 0.25) is 0 Å². The second-order valence-electron chi connectivity index (χ2n) is 7.24. The molecule has 0 spiro atoms. The van der Waals surface area contributed by atoms with E-state index in [1.165, 1.54) is 10.8 Å². The van der Waals surface area contributed by atoms with Gasteiger partial charge in [0.05, 0.1) is 13.2 Å². The van der Waals surface area contributed by atoms with Crippen LogP contribution >= 0.6 is 0 Å². The number of hydrogen-bond donors (Lipinski definition) is 1. The number of rotatable bonds is 13. The number of carbonyl (C=O) groups excluding carboxylic acids is 2. The fraction of sp³-hybridized carbons (Fsp3) is 0.600. The summed E-state index contributed by atoms with van der Waals surface area (Å²) in [5.41, 5.74) is -0.701. The first kappa shape index (κ1) is 25.5. The summed E-state index contributed by atoms with van der Waals surface area (Å²) in [6, 6.07) is 0. The summed E-state index contributed by atoms with van der Waals surface area (Å²) in [6.07, 6.45) is 3.37. The lowest BCUT2D eigenvalue weighted by molar-refractivity contribution is -0.158. The van der Waals surface area contributed by atoms with Gasteiger partial charge in [0.25, 0.3) is 5.56 Å². The largest absolute Gasteiger partial charge is 0.462 e. The molecule has 12 nitrogen and oxygen atoms in total. The van der Waals surface area contributed by atoms with Gasteiger partial charge in [-0.3, -0.25) is 14.3 Å². The van der Waals surface area contributed by atoms with Gasteiger partial charge in [0.15, 0.2) is 6.23 Å². The molecule has 12 heteroatoms. The van der Waals surface area contributed by atoms with E-state index in [9.17, 15) is 19.2 Å². The van der Waals surface area contributed by atoms with Crippen molar-refractivity contribution in [2.75, 3.05) is 60.3 Å². The van der Waals surface area contributed by atoms with Gasteiger partial charge < -0.3 is 28.6 Å². The van der Waals surface area contributed by atoms with Crippen LogP contribution in [0.2, 0.25) is 0 Å². The summed E-state index contributed by atoms with van der Waals surface area (Å²) < 4.78 is 27.1. The molecule has 0 radical (unpaired) electrons. The van der Waals surface area contributed by atoms with Crippen LogP contribution in [-0.2, 0) is 33.3 Å². The van der Waals surface area contributed by atoms with Crippen molar-refractivity contribution in [3.8, 4) is 0 Å². The SMILES string of the molecule is Cc1cn(C2C=CC(COC(=O)COCC(=O)OCCOCCN(C)C)O2)c(=O)[nH]c1=O. The van der Waals surface area contributed by atoms with Crippen molar-refractivity contribution in [2.24, 2.45) is 0 Å². The Morgan fingerprint density at radius 3 is 2.50 bits per heavy atom. The Labute approximate surface area is 184 Å². The van der Waals surface area contributed by atoms with Crippen LogP contribution in [0.3, 0.4) is 0 Å². The molecule has 1 aromatic rings. The molecule has 32 heavy (non-hydrogen) atoms. The second kappa shape index (κ2) is 12.9. The van der Waals surface area contributed by atoms with E-state index in [1.807, 2.05) is 19.0 Å². The lowest BCUT2D eigenvalue weighted by Crippen LogP contribution is -2.33. The Hall–Kier alpha value is -2.80. The molecule has 0 aliphatic carbocycles. The van der Waals surface area contributed by atoms with Crippen LogP contribution in [0.25, 0.3) is 0 Å². The Bertz CT molecular complexity index is 906. The maximum atomic E-state index is 11.9. The molecule has 2 atom stereocenters. The average molecular weight is 455 g/mol. The van der Waals surface area contributed by atoms with Crippen LogP contribution in [0.4, 0.5) is 0 Å². The lowest BCUT2D eigenvalue weighted by Gasteiger charge is -2.16. The van der Waals surface area contributed by atoms with Crippen molar-refractivity contribution in [3.05, 3.63) is 44.8 Å². The number of esters is 2. The normalized spacial score (nSPS) is 17.6. The van der Waals surface area contributed by atoms with Gasteiger partial charge in [-0.15, -0.1) is 0 Å². The Morgan fingerprint density at radius 2 is 1.78 bits per heavy atom. The number of H-pyrrole nitrogens is 1. The highest BCUT2D eigenvalue weighted by molar-refractivity contribution is 5.73. The Kier molecular flexibility index (Phi) is 10.3. The molecule has 0 saturated heterocycles. The number of aryl methyl sites for hydroxylation is 1. The summed E-state index contributed by atoms with van der Waals surface area (Å²) in [5.74, 6) is -1.29. The molecule has 2 rings (SSSR count). The third kappa shape index (κ3) is 8.75. The molecular formula is C20H29N3O9. The van der Waals surface area contributed by atoms with E-state index in [0.29, 0.717) is 12.2 Å². The first-order valence-corrected chi connectivity index (χ1v) is 10.0. The number of likely N-dealkylation sites (N-methyl/N-ethyl adjacent to an activating group) is 1. The van der Waals surface area contributed by atoms with Gasteiger partial charge in [0.1, 0.15) is 32.5 Å². The smallest absolute Gasteiger partial charge is 0.332 e. The van der Waals surface area contributed by atoms with Crippen LogP contribution in [0.5, 0.6) is 0 Å². The van der Waals surface area contributed by atoms with Crippen LogP contribution in [0.15, 0.2) is 27.9 Å². The van der Waals surface area contributed by atoms with Gasteiger partial charge in [0, 0.05) is 18.3 Å². The maximum absolute atomic E-state index is 11.9. The quantitative estimate of drug-likeness (QED) is 0.223. The topological polar surface area (TPSA) is 138 Å². The zero-order valence-corrected chi connectivity index (χ0v) is 18.4. The zero-order valence-electron chi connectivity index (χ0n) is 18.4. The van der Waals surface area contributed by atoms with Crippen LogP contribution in [-0.4, -0.2) is 92.8 Å². The monoisotopic (exact) mass is 455 g/mol. The standard InChI is InChI=1S/C20H29N3O9/c1-14-10-23(20(27)21-19(14)26)16-5-4-15(32-16)11-31-18(25)13-29-12-17(24)30-9-8-28-7-6-22(2)3/h4-5,10,15-16H,6-9,11-13H2,1-3H3,(H,21,26,27). The average Bonchev–Trinajstić information content (AvgIpc) is 3.20. The highest BCUT2D eigenvalue weighted by Crippen LogP contribution is 2.19. The molecule has 1 N–H and O–H groups in total. The van der Waals surface area contributed by atoms with Gasteiger partial charge in [-0.2, -0.15) is 0 Å². The minimum absolute atomic E-state index is 0.0962. The molecule has 2 unspecified atom stereocenters. The third-order valence-electron chi connectivity index (χ3n) is 4.25. The van der Waals surface area contributed by atoms with Crippen molar-refractivity contribution >= 4 is 11.9 Å². The molecule has 0 aromatic carbocycles. The molecule has 0 fully saturated rings. The molecule has 1 aliphatic heterocycles. The Balaban J connectivity index is 1.58. The number of carbonyl (C=O) groups is 2. The molecule has 2 heterocycles. The van der Waals surface area contributed by atoms with E-state index < -0.39 is 42.1 Å². The predicted molar refractivity (Wildman–Crippen MR) is 111 cm³/mol. The predicted octanol–water partition coefficient (Wildman–Crippen LogP) is -1.02. The fourth-order valence-corrected chi connectivity index (χ4v) is 2.56. The molecule has 0 bridgehead atoms. The molecule has 0 saturated carbocycles. The summed E-state index contributed by atoms with van der Waals surface area (Å²) in [7, 11) is 3.86. The van der Waals surface area contributed by atoms with Crippen LogP contribution in [0.1, 0.15) is 11.8 Å². The van der Waals surface area contributed by atoms with Gasteiger partial charge >= 0.3 is 17.6 Å². The molecule has 0 amide bonds. The molecule has 178 valence electrons. The summed E-state index contributed by atoms with van der Waals surface area (Å²) >= 11 is 0. The van der Waals surface area contributed by atoms with Gasteiger partial charge in [-0.05, 0) is 27.1 Å². The first-order valence-electron chi connectivity index (χ1n) is 10.0. The van der Waals surface area contributed by atoms with Crippen molar-refractivity contribution in [1.82, 2.24) is 14.5 Å². The van der Waals surface area contributed by atoms with Crippen LogP contribution in [0, 0.1) is 6.92 Å². The maximum Gasteiger partial charge on any atom is 0.332 e. The van der Waals surface area contributed by atoms with E-state index in [1.54, 1.807) is 19.1 Å². The number of aromatic amines is 1. The molecule has 1 aromatic heterocycles. The van der Waals surface area contributed by atoms with Crippen molar-refractivity contribution in [3.63, 3.8) is 0 Å². The van der Waals surface area contributed by atoms with E-state index in [4.69, 9.17) is 23.7 Å². The number of nitrogens with one attached hydrogen (secondary N) is 1. The highest BCUT2D eigenvalue weighted by atomic mass is 16.6. The zero-order chi connectivity index (χ0) is 23.5. The van der Waals surface area contributed by atoms with Crippen molar-refractivity contribution < 1.29 is 33.3 Å². The van der Waals surface area contributed by atoms with Crippen molar-refractivity contribution in [1.29, 1.82) is 0 Å². The number of hydrogen-bond acceptors (Lipinski definition) is 10. The minimum atomic E-state index is -0.723. The third-order valence-corrected chi connectivity index (χ3v) is 4.25. The van der Waals surface area contributed by atoms with Gasteiger partial charge in [-0.25, -0.2) is 14.4 Å². The lowest BCUT2D eigenvalue weighted by atomic mass is 10.3. The minimum Gasteiger partial charge on any atom is -0.462 e. The number of nitrogens with zero attached hydrogens (tertiary/aromatic N) is 2. The van der Waals surface area contributed by atoms with E-state index in [0.717, 1.165) is 6.54 Å². The summed E-state index contributed by atoms with van der Waals surface area (Å²) in [6.45, 7) is 2.36. The van der Waals surface area contributed by atoms with Gasteiger partial charge in [-0.1, -0.05) is 6.08 Å².